The summed E-state index contributed by atoms with van der Waals surface area (Å²) in [6.07, 6.45) is 6.63. The van der Waals surface area contributed by atoms with E-state index in [-0.39, 0.29) is 17.5 Å². The van der Waals surface area contributed by atoms with Crippen LogP contribution in [0.25, 0.3) is 0 Å². The van der Waals surface area contributed by atoms with Gasteiger partial charge in [-0.2, -0.15) is 0 Å². The Hall–Kier alpha value is -0.530. The second kappa shape index (κ2) is 3.56. The lowest BCUT2D eigenvalue weighted by atomic mass is 9.99. The van der Waals surface area contributed by atoms with Crippen molar-refractivity contribution >= 4 is 5.97 Å². The van der Waals surface area contributed by atoms with Crippen molar-refractivity contribution in [3.05, 3.63) is 0 Å². The molecule has 2 aliphatic carbocycles. The number of ether oxygens (including phenoxy) is 1. The van der Waals surface area contributed by atoms with Gasteiger partial charge in [0, 0.05) is 0 Å². The van der Waals surface area contributed by atoms with Gasteiger partial charge >= 0.3 is 5.97 Å². The van der Waals surface area contributed by atoms with Crippen LogP contribution >= 0.6 is 0 Å². The van der Waals surface area contributed by atoms with E-state index in [9.17, 15) is 4.79 Å². The Morgan fingerprint density at radius 1 is 1.43 bits per heavy atom. The van der Waals surface area contributed by atoms with Gasteiger partial charge in [0.25, 0.3) is 0 Å². The fourth-order valence-electron chi connectivity index (χ4n) is 2.49. The molecule has 2 heteroatoms. The van der Waals surface area contributed by atoms with Crippen LogP contribution in [-0.2, 0) is 9.53 Å². The van der Waals surface area contributed by atoms with Gasteiger partial charge in [-0.05, 0) is 44.4 Å². The van der Waals surface area contributed by atoms with Crippen LogP contribution in [0.3, 0.4) is 0 Å². The molecule has 2 fully saturated rings. The number of esters is 1. The molecule has 2 nitrogen and oxygen atoms in total. The van der Waals surface area contributed by atoms with E-state index in [1.807, 2.05) is 0 Å². The van der Waals surface area contributed by atoms with Crippen LogP contribution in [0.15, 0.2) is 0 Å². The molecule has 0 aromatic carbocycles. The lowest BCUT2D eigenvalue weighted by molar-refractivity contribution is -0.161. The molecule has 2 aliphatic rings. The molecule has 2 atom stereocenters. The van der Waals surface area contributed by atoms with Gasteiger partial charge in [0.15, 0.2) is 0 Å². The molecular weight excluding hydrogens is 176 g/mol. The molecule has 2 saturated carbocycles. The quantitative estimate of drug-likeness (QED) is 0.649. The van der Waals surface area contributed by atoms with Crippen molar-refractivity contribution in [3.8, 4) is 0 Å². The van der Waals surface area contributed by atoms with Crippen molar-refractivity contribution in [1.29, 1.82) is 0 Å². The first-order valence-corrected chi connectivity index (χ1v) is 5.90. The first-order valence-electron chi connectivity index (χ1n) is 5.90. The molecule has 0 aliphatic heterocycles. The van der Waals surface area contributed by atoms with Gasteiger partial charge in [-0.3, -0.25) is 4.79 Å². The summed E-state index contributed by atoms with van der Waals surface area (Å²) in [6, 6.07) is 0. The number of hydrogen-bond acceptors (Lipinski definition) is 2. The Morgan fingerprint density at radius 2 is 2.00 bits per heavy atom. The average molecular weight is 196 g/mol. The van der Waals surface area contributed by atoms with Crippen LogP contribution in [-0.4, -0.2) is 11.6 Å². The lowest BCUT2D eigenvalue weighted by Crippen LogP contribution is -2.32. The average Bonchev–Trinajstić information content (AvgIpc) is 2.74. The van der Waals surface area contributed by atoms with Gasteiger partial charge in [0.2, 0.25) is 0 Å². The van der Waals surface area contributed by atoms with Crippen molar-refractivity contribution in [1.82, 2.24) is 0 Å². The summed E-state index contributed by atoms with van der Waals surface area (Å²) in [6.45, 7) is 4.26. The summed E-state index contributed by atoms with van der Waals surface area (Å²) in [5.41, 5.74) is -0.0839. The van der Waals surface area contributed by atoms with Crippen LogP contribution in [0.1, 0.15) is 52.4 Å². The summed E-state index contributed by atoms with van der Waals surface area (Å²) in [7, 11) is 0. The van der Waals surface area contributed by atoms with Crippen LogP contribution < -0.4 is 0 Å². The molecule has 0 amide bonds. The maximum absolute atomic E-state index is 11.7. The third-order valence-corrected chi connectivity index (χ3v) is 3.89. The maximum atomic E-state index is 11.7. The van der Waals surface area contributed by atoms with Gasteiger partial charge in [0.1, 0.15) is 5.60 Å². The maximum Gasteiger partial charge on any atom is 0.309 e. The zero-order valence-corrected chi connectivity index (χ0v) is 9.21. The highest BCUT2D eigenvalue weighted by molar-refractivity contribution is 5.76. The fourth-order valence-corrected chi connectivity index (χ4v) is 2.49. The number of carbonyl (C=O) groups is 1. The number of hydrogen-bond donors (Lipinski definition) is 0. The Morgan fingerprint density at radius 3 is 2.43 bits per heavy atom. The molecular formula is C12H20O2. The lowest BCUT2D eigenvalue weighted by Gasteiger charge is -2.27. The smallest absolute Gasteiger partial charge is 0.309 e. The summed E-state index contributed by atoms with van der Waals surface area (Å²) in [4.78, 5) is 11.7. The zero-order chi connectivity index (χ0) is 10.2. The van der Waals surface area contributed by atoms with E-state index in [0.29, 0.717) is 5.92 Å². The highest BCUT2D eigenvalue weighted by atomic mass is 16.6. The predicted octanol–water partition coefficient (Wildman–Crippen LogP) is 2.91. The Labute approximate surface area is 86.0 Å². The van der Waals surface area contributed by atoms with Crippen LogP contribution in [0.2, 0.25) is 0 Å². The predicted molar refractivity (Wildman–Crippen MR) is 54.9 cm³/mol. The minimum Gasteiger partial charge on any atom is -0.459 e. The van der Waals surface area contributed by atoms with Crippen LogP contribution in [0.4, 0.5) is 0 Å². The van der Waals surface area contributed by atoms with E-state index in [4.69, 9.17) is 4.74 Å². The monoisotopic (exact) mass is 196 g/mol. The summed E-state index contributed by atoms with van der Waals surface area (Å²) in [5.74, 6) is 0.859. The van der Waals surface area contributed by atoms with Crippen molar-refractivity contribution in [2.75, 3.05) is 0 Å². The fraction of sp³-hybridized carbons (Fsp3) is 0.917. The molecule has 2 rings (SSSR count). The van der Waals surface area contributed by atoms with Crippen LogP contribution in [0, 0.1) is 11.8 Å². The van der Waals surface area contributed by atoms with Crippen LogP contribution in [0.5, 0.6) is 0 Å². The third kappa shape index (κ3) is 1.79. The number of carbonyl (C=O) groups excluding carboxylic acids is 1. The van der Waals surface area contributed by atoms with E-state index in [1.165, 1.54) is 12.8 Å². The van der Waals surface area contributed by atoms with Gasteiger partial charge < -0.3 is 4.74 Å². The van der Waals surface area contributed by atoms with Gasteiger partial charge in [-0.1, -0.05) is 13.8 Å². The highest BCUT2D eigenvalue weighted by Crippen LogP contribution is 2.42. The minimum atomic E-state index is -0.0839. The van der Waals surface area contributed by atoms with E-state index in [0.717, 1.165) is 25.7 Å². The molecule has 0 aromatic rings. The Kier molecular flexibility index (Phi) is 2.54. The van der Waals surface area contributed by atoms with Crippen molar-refractivity contribution in [2.45, 2.75) is 58.0 Å². The zero-order valence-electron chi connectivity index (χ0n) is 9.21. The summed E-state index contributed by atoms with van der Waals surface area (Å²) < 4.78 is 5.70. The van der Waals surface area contributed by atoms with Gasteiger partial charge in [0.05, 0.1) is 5.92 Å². The number of rotatable bonds is 3. The largest absolute Gasteiger partial charge is 0.459 e. The molecule has 0 aromatic heterocycles. The SMILES string of the molecule is CCC1(OC(=O)C2CC2C)CCCC1. The van der Waals surface area contributed by atoms with Crippen molar-refractivity contribution < 1.29 is 9.53 Å². The Balaban J connectivity index is 1.91. The topological polar surface area (TPSA) is 26.3 Å². The van der Waals surface area contributed by atoms with Crippen molar-refractivity contribution in [2.24, 2.45) is 11.8 Å². The molecule has 14 heavy (non-hydrogen) atoms. The highest BCUT2D eigenvalue weighted by Gasteiger charge is 2.44. The first-order chi connectivity index (χ1) is 6.67. The van der Waals surface area contributed by atoms with E-state index in [2.05, 4.69) is 13.8 Å². The van der Waals surface area contributed by atoms with Gasteiger partial charge in [-0.15, -0.1) is 0 Å². The molecule has 0 N–H and O–H groups in total. The molecule has 0 radical (unpaired) electrons. The van der Waals surface area contributed by atoms with Crippen molar-refractivity contribution in [3.63, 3.8) is 0 Å². The molecule has 0 spiro atoms. The minimum absolute atomic E-state index is 0.0706. The summed E-state index contributed by atoms with van der Waals surface area (Å²) >= 11 is 0. The van der Waals surface area contributed by atoms with E-state index in [1.54, 1.807) is 0 Å². The van der Waals surface area contributed by atoms with E-state index >= 15 is 0 Å². The molecule has 0 bridgehead atoms. The first kappa shape index (κ1) is 10.0. The second-order valence-corrected chi connectivity index (χ2v) is 4.98. The normalized spacial score (nSPS) is 34.1. The second-order valence-electron chi connectivity index (χ2n) is 4.98. The molecule has 0 heterocycles. The third-order valence-electron chi connectivity index (χ3n) is 3.89. The van der Waals surface area contributed by atoms with Gasteiger partial charge in [-0.25, -0.2) is 0 Å². The molecule has 2 unspecified atom stereocenters. The standard InChI is InChI=1S/C12H20O2/c1-3-12(6-4-5-7-12)14-11(13)10-8-9(10)2/h9-10H,3-8H2,1-2H3. The Bertz CT molecular complexity index is 228. The molecule has 0 saturated heterocycles. The molecule has 80 valence electrons. The van der Waals surface area contributed by atoms with E-state index < -0.39 is 0 Å². The summed E-state index contributed by atoms with van der Waals surface area (Å²) in [5, 5.41) is 0.